The fraction of sp³-hybridized carbons (Fsp3) is 0.538. The van der Waals surface area contributed by atoms with E-state index in [2.05, 4.69) is 0 Å². The van der Waals surface area contributed by atoms with Gasteiger partial charge in [0.15, 0.2) is 0 Å². The molecule has 2 atom stereocenters. The average Bonchev–Trinajstić information content (AvgIpc) is 2.54. The first-order valence-corrected chi connectivity index (χ1v) is 5.62. The van der Waals surface area contributed by atoms with E-state index in [-0.39, 0.29) is 0 Å². The maximum atomic E-state index is 10.0. The Bertz CT molecular complexity index is 389. The highest BCUT2D eigenvalue weighted by Gasteiger charge is 2.44. The summed E-state index contributed by atoms with van der Waals surface area (Å²) in [5.74, 6) is 0.808. The summed E-state index contributed by atoms with van der Waals surface area (Å²) in [6.07, 6.45) is 2.11. The van der Waals surface area contributed by atoms with Gasteiger partial charge in [0.1, 0.15) is 5.75 Å². The molecule has 0 amide bonds. The van der Waals surface area contributed by atoms with Gasteiger partial charge in [-0.15, -0.1) is 0 Å². The van der Waals surface area contributed by atoms with Gasteiger partial charge in [0.05, 0.1) is 12.7 Å². The van der Waals surface area contributed by atoms with Crippen LogP contribution in [0.5, 0.6) is 5.75 Å². The lowest BCUT2D eigenvalue weighted by Gasteiger charge is -2.27. The van der Waals surface area contributed by atoms with E-state index >= 15 is 0 Å². The SMILES string of the molecule is COc1ccccc1C1(N)CCC(C)(O)C1. The van der Waals surface area contributed by atoms with Crippen LogP contribution in [0.4, 0.5) is 0 Å². The molecule has 1 saturated carbocycles. The standard InChI is InChI=1S/C13H19NO2/c1-12(15)7-8-13(14,9-12)10-5-3-4-6-11(10)16-2/h3-6,15H,7-9,14H2,1-2H3. The number of methoxy groups -OCH3 is 1. The lowest BCUT2D eigenvalue weighted by molar-refractivity contribution is 0.0609. The first-order valence-electron chi connectivity index (χ1n) is 5.62. The monoisotopic (exact) mass is 221 g/mol. The molecule has 16 heavy (non-hydrogen) atoms. The number of para-hydroxylation sites is 1. The highest BCUT2D eigenvalue weighted by Crippen LogP contribution is 2.44. The summed E-state index contributed by atoms with van der Waals surface area (Å²) >= 11 is 0. The van der Waals surface area contributed by atoms with Gasteiger partial charge in [0.2, 0.25) is 0 Å². The molecule has 0 aliphatic heterocycles. The van der Waals surface area contributed by atoms with E-state index in [0.717, 1.165) is 24.2 Å². The maximum Gasteiger partial charge on any atom is 0.123 e. The van der Waals surface area contributed by atoms with Gasteiger partial charge >= 0.3 is 0 Å². The van der Waals surface area contributed by atoms with Gasteiger partial charge in [-0.25, -0.2) is 0 Å². The van der Waals surface area contributed by atoms with Gasteiger partial charge in [0, 0.05) is 11.1 Å². The van der Waals surface area contributed by atoms with Gasteiger partial charge in [-0.1, -0.05) is 18.2 Å². The predicted octanol–water partition coefficient (Wildman–Crippen LogP) is 1.78. The third kappa shape index (κ3) is 1.93. The molecule has 2 unspecified atom stereocenters. The number of nitrogens with two attached hydrogens (primary N) is 1. The van der Waals surface area contributed by atoms with E-state index in [0.29, 0.717) is 6.42 Å². The van der Waals surface area contributed by atoms with Crippen molar-refractivity contribution in [1.29, 1.82) is 0 Å². The molecule has 3 heteroatoms. The molecule has 1 fully saturated rings. The smallest absolute Gasteiger partial charge is 0.123 e. The molecule has 2 rings (SSSR count). The molecule has 88 valence electrons. The summed E-state index contributed by atoms with van der Waals surface area (Å²) in [6, 6.07) is 7.79. The molecule has 0 radical (unpaired) electrons. The van der Waals surface area contributed by atoms with Crippen LogP contribution in [-0.4, -0.2) is 17.8 Å². The Balaban J connectivity index is 2.37. The third-order valence-corrected chi connectivity index (χ3v) is 3.45. The van der Waals surface area contributed by atoms with Crippen LogP contribution in [0.25, 0.3) is 0 Å². The second-order valence-corrected chi connectivity index (χ2v) is 5.03. The first kappa shape index (κ1) is 11.4. The van der Waals surface area contributed by atoms with Crippen molar-refractivity contribution in [3.8, 4) is 5.75 Å². The van der Waals surface area contributed by atoms with Crippen molar-refractivity contribution in [2.24, 2.45) is 5.73 Å². The zero-order valence-corrected chi connectivity index (χ0v) is 9.86. The Morgan fingerprint density at radius 3 is 2.56 bits per heavy atom. The van der Waals surface area contributed by atoms with Crippen LogP contribution in [0.15, 0.2) is 24.3 Å². The molecule has 0 saturated heterocycles. The number of ether oxygens (including phenoxy) is 1. The number of hydrogen-bond acceptors (Lipinski definition) is 3. The minimum atomic E-state index is -0.657. The summed E-state index contributed by atoms with van der Waals surface area (Å²) in [6.45, 7) is 1.84. The second-order valence-electron chi connectivity index (χ2n) is 5.03. The third-order valence-electron chi connectivity index (χ3n) is 3.45. The molecule has 3 N–H and O–H groups in total. The fourth-order valence-electron chi connectivity index (χ4n) is 2.63. The van der Waals surface area contributed by atoms with Gasteiger partial charge in [-0.3, -0.25) is 0 Å². The van der Waals surface area contributed by atoms with Crippen molar-refractivity contribution in [2.45, 2.75) is 37.3 Å². The van der Waals surface area contributed by atoms with Crippen LogP contribution < -0.4 is 10.5 Å². The fourth-order valence-corrected chi connectivity index (χ4v) is 2.63. The van der Waals surface area contributed by atoms with Gasteiger partial charge in [0.25, 0.3) is 0 Å². The Morgan fingerprint density at radius 2 is 2.00 bits per heavy atom. The Kier molecular flexibility index (Phi) is 2.68. The lowest BCUT2D eigenvalue weighted by Crippen LogP contribution is -2.36. The minimum Gasteiger partial charge on any atom is -0.496 e. The van der Waals surface area contributed by atoms with Crippen LogP contribution in [-0.2, 0) is 5.54 Å². The maximum absolute atomic E-state index is 10.0. The van der Waals surface area contributed by atoms with Gasteiger partial charge in [-0.2, -0.15) is 0 Å². The molecule has 3 nitrogen and oxygen atoms in total. The van der Waals surface area contributed by atoms with E-state index in [4.69, 9.17) is 10.5 Å². The highest BCUT2D eigenvalue weighted by molar-refractivity contribution is 5.40. The van der Waals surface area contributed by atoms with Crippen molar-refractivity contribution in [2.75, 3.05) is 7.11 Å². The van der Waals surface area contributed by atoms with Crippen LogP contribution in [0.1, 0.15) is 31.7 Å². The number of rotatable bonds is 2. The summed E-state index contributed by atoms with van der Waals surface area (Å²) in [4.78, 5) is 0. The Morgan fingerprint density at radius 1 is 1.31 bits per heavy atom. The normalized spacial score (nSPS) is 34.0. The molecule has 0 spiro atoms. The topological polar surface area (TPSA) is 55.5 Å². The second kappa shape index (κ2) is 3.75. The van der Waals surface area contributed by atoms with Crippen molar-refractivity contribution >= 4 is 0 Å². The molecule has 0 aromatic heterocycles. The van der Waals surface area contributed by atoms with Gasteiger partial charge in [-0.05, 0) is 32.3 Å². The van der Waals surface area contributed by atoms with Crippen molar-refractivity contribution in [1.82, 2.24) is 0 Å². The van der Waals surface area contributed by atoms with E-state index < -0.39 is 11.1 Å². The van der Waals surface area contributed by atoms with Crippen molar-refractivity contribution in [3.63, 3.8) is 0 Å². The molecule has 1 aromatic carbocycles. The van der Waals surface area contributed by atoms with E-state index in [1.54, 1.807) is 7.11 Å². The number of benzene rings is 1. The van der Waals surface area contributed by atoms with Crippen LogP contribution in [0.3, 0.4) is 0 Å². The molecule has 0 bridgehead atoms. The highest BCUT2D eigenvalue weighted by atomic mass is 16.5. The minimum absolute atomic E-state index is 0.462. The van der Waals surface area contributed by atoms with Crippen molar-refractivity contribution < 1.29 is 9.84 Å². The predicted molar refractivity (Wildman–Crippen MR) is 63.3 cm³/mol. The zero-order valence-electron chi connectivity index (χ0n) is 9.86. The van der Waals surface area contributed by atoms with Crippen LogP contribution >= 0.6 is 0 Å². The number of aliphatic hydroxyl groups is 1. The molecular weight excluding hydrogens is 202 g/mol. The lowest BCUT2D eigenvalue weighted by atomic mass is 9.87. The quantitative estimate of drug-likeness (QED) is 0.800. The molecular formula is C13H19NO2. The largest absolute Gasteiger partial charge is 0.496 e. The summed E-state index contributed by atoms with van der Waals surface area (Å²) < 4.78 is 5.33. The zero-order chi connectivity index (χ0) is 11.8. The summed E-state index contributed by atoms with van der Waals surface area (Å²) in [5.41, 5.74) is 6.27. The van der Waals surface area contributed by atoms with Crippen LogP contribution in [0, 0.1) is 0 Å². The average molecular weight is 221 g/mol. The Labute approximate surface area is 96.2 Å². The molecule has 1 aliphatic rings. The molecule has 1 aliphatic carbocycles. The first-order chi connectivity index (χ1) is 7.47. The molecule has 0 heterocycles. The van der Waals surface area contributed by atoms with Crippen LogP contribution in [0.2, 0.25) is 0 Å². The van der Waals surface area contributed by atoms with E-state index in [1.807, 2.05) is 31.2 Å². The molecule has 1 aromatic rings. The Hall–Kier alpha value is -1.06. The van der Waals surface area contributed by atoms with Gasteiger partial charge < -0.3 is 15.6 Å². The summed E-state index contributed by atoms with van der Waals surface area (Å²) in [5, 5.41) is 10.0. The van der Waals surface area contributed by atoms with Crippen molar-refractivity contribution in [3.05, 3.63) is 29.8 Å². The number of hydrogen-bond donors (Lipinski definition) is 2. The van der Waals surface area contributed by atoms with E-state index in [9.17, 15) is 5.11 Å². The summed E-state index contributed by atoms with van der Waals surface area (Å²) in [7, 11) is 1.65. The van der Waals surface area contributed by atoms with E-state index in [1.165, 1.54) is 0 Å².